The number of nitrogens with zero attached hydrogens (tertiary/aromatic N) is 1. The fraction of sp³-hybridized carbons (Fsp3) is 0.600. The Morgan fingerprint density at radius 1 is 1.22 bits per heavy atom. The Morgan fingerprint density at radius 3 is 2.44 bits per heavy atom. The van der Waals surface area contributed by atoms with Crippen LogP contribution in [0.15, 0.2) is 24.3 Å². The molecule has 2 rings (SSSR count). The Kier molecular flexibility index (Phi) is 5.04. The molecule has 1 saturated heterocycles. The molecule has 0 unspecified atom stereocenters. The SMILES string of the molecule is CN1CCC(C)(CNCc2ccc(I)cc2)CC1. The molecule has 3 heteroatoms. The van der Waals surface area contributed by atoms with Gasteiger partial charge in [-0.25, -0.2) is 0 Å². The van der Waals surface area contributed by atoms with E-state index in [0.29, 0.717) is 5.41 Å². The first-order chi connectivity index (χ1) is 8.57. The molecule has 1 aromatic carbocycles. The molecule has 1 aromatic rings. The van der Waals surface area contributed by atoms with Gasteiger partial charge in [0, 0.05) is 16.7 Å². The molecule has 0 aromatic heterocycles. The monoisotopic (exact) mass is 358 g/mol. The lowest BCUT2D eigenvalue weighted by Gasteiger charge is -2.38. The summed E-state index contributed by atoms with van der Waals surface area (Å²) in [6, 6.07) is 8.78. The van der Waals surface area contributed by atoms with Crippen molar-refractivity contribution in [3.63, 3.8) is 0 Å². The van der Waals surface area contributed by atoms with Crippen LogP contribution in [0, 0.1) is 8.99 Å². The van der Waals surface area contributed by atoms with Gasteiger partial charge in [-0.15, -0.1) is 0 Å². The average molecular weight is 358 g/mol. The fourth-order valence-electron chi connectivity index (χ4n) is 2.45. The first-order valence-corrected chi connectivity index (χ1v) is 7.79. The Balaban J connectivity index is 1.76. The number of hydrogen-bond acceptors (Lipinski definition) is 2. The molecule has 1 fully saturated rings. The second kappa shape index (κ2) is 6.35. The smallest absolute Gasteiger partial charge is 0.0205 e. The third-order valence-corrected chi connectivity index (χ3v) is 4.71. The number of nitrogens with one attached hydrogen (secondary N) is 1. The van der Waals surface area contributed by atoms with E-state index in [2.05, 4.69) is 71.0 Å². The van der Waals surface area contributed by atoms with Gasteiger partial charge >= 0.3 is 0 Å². The van der Waals surface area contributed by atoms with Gasteiger partial charge in [0.2, 0.25) is 0 Å². The van der Waals surface area contributed by atoms with Crippen LogP contribution < -0.4 is 5.32 Å². The lowest BCUT2D eigenvalue weighted by molar-refractivity contribution is 0.137. The van der Waals surface area contributed by atoms with E-state index in [1.54, 1.807) is 0 Å². The van der Waals surface area contributed by atoms with Crippen molar-refractivity contribution in [2.24, 2.45) is 5.41 Å². The van der Waals surface area contributed by atoms with Gasteiger partial charge in [0.1, 0.15) is 0 Å². The summed E-state index contributed by atoms with van der Waals surface area (Å²) in [6.45, 7) is 7.01. The van der Waals surface area contributed by atoms with Crippen molar-refractivity contribution in [3.8, 4) is 0 Å². The van der Waals surface area contributed by atoms with Gasteiger partial charge in [-0.1, -0.05) is 19.1 Å². The van der Waals surface area contributed by atoms with E-state index in [1.807, 2.05) is 0 Å². The minimum atomic E-state index is 0.482. The van der Waals surface area contributed by atoms with E-state index in [1.165, 1.54) is 35.1 Å². The Morgan fingerprint density at radius 2 is 1.83 bits per heavy atom. The minimum absolute atomic E-state index is 0.482. The van der Waals surface area contributed by atoms with Crippen LogP contribution in [0.3, 0.4) is 0 Å². The van der Waals surface area contributed by atoms with E-state index in [4.69, 9.17) is 0 Å². The first kappa shape index (κ1) is 14.3. The van der Waals surface area contributed by atoms with E-state index in [9.17, 15) is 0 Å². The van der Waals surface area contributed by atoms with E-state index in [-0.39, 0.29) is 0 Å². The van der Waals surface area contributed by atoms with Crippen molar-refractivity contribution in [1.82, 2.24) is 10.2 Å². The predicted octanol–water partition coefficient (Wildman–Crippen LogP) is 3.11. The second-order valence-corrected chi connectivity index (χ2v) is 7.09. The number of benzene rings is 1. The summed E-state index contributed by atoms with van der Waals surface area (Å²) < 4.78 is 1.30. The van der Waals surface area contributed by atoms with Crippen molar-refractivity contribution in [3.05, 3.63) is 33.4 Å². The lowest BCUT2D eigenvalue weighted by Crippen LogP contribution is -2.41. The van der Waals surface area contributed by atoms with Crippen LogP contribution in [0.5, 0.6) is 0 Å². The van der Waals surface area contributed by atoms with Gasteiger partial charge in [0.05, 0.1) is 0 Å². The van der Waals surface area contributed by atoms with Crippen molar-refractivity contribution in [2.45, 2.75) is 26.3 Å². The summed E-state index contributed by atoms with van der Waals surface area (Å²) in [4.78, 5) is 2.43. The Hall–Kier alpha value is -0.130. The molecule has 0 saturated carbocycles. The van der Waals surface area contributed by atoms with Gasteiger partial charge in [0.25, 0.3) is 0 Å². The first-order valence-electron chi connectivity index (χ1n) is 6.71. The molecule has 0 atom stereocenters. The zero-order valence-corrected chi connectivity index (χ0v) is 13.5. The topological polar surface area (TPSA) is 15.3 Å². The van der Waals surface area contributed by atoms with E-state index < -0.39 is 0 Å². The molecule has 0 amide bonds. The van der Waals surface area contributed by atoms with Crippen molar-refractivity contribution in [2.75, 3.05) is 26.7 Å². The van der Waals surface area contributed by atoms with E-state index in [0.717, 1.165) is 13.1 Å². The molecule has 0 radical (unpaired) electrons. The molecule has 1 N–H and O–H groups in total. The summed E-state index contributed by atoms with van der Waals surface area (Å²) in [5.41, 5.74) is 1.86. The standard InChI is InChI=1S/C15H23IN2/c1-15(7-9-18(2)10-8-15)12-17-11-13-3-5-14(16)6-4-13/h3-6,17H,7-12H2,1-2H3. The van der Waals surface area contributed by atoms with Crippen molar-refractivity contribution in [1.29, 1.82) is 0 Å². The molecule has 1 aliphatic rings. The molecule has 100 valence electrons. The molecule has 1 aliphatic heterocycles. The summed E-state index contributed by atoms with van der Waals surface area (Å²) in [5.74, 6) is 0. The highest BCUT2D eigenvalue weighted by Gasteiger charge is 2.28. The number of halogens is 1. The Bertz CT molecular complexity index is 367. The number of hydrogen-bond donors (Lipinski definition) is 1. The van der Waals surface area contributed by atoms with Crippen molar-refractivity contribution < 1.29 is 0 Å². The third-order valence-electron chi connectivity index (χ3n) is 3.99. The van der Waals surface area contributed by atoms with Crippen LogP contribution in [0.25, 0.3) is 0 Å². The number of rotatable bonds is 4. The van der Waals surface area contributed by atoms with Gasteiger partial charge in [-0.3, -0.25) is 0 Å². The normalized spacial score (nSPS) is 19.9. The fourth-order valence-corrected chi connectivity index (χ4v) is 2.81. The molecule has 18 heavy (non-hydrogen) atoms. The largest absolute Gasteiger partial charge is 0.312 e. The van der Waals surface area contributed by atoms with Gasteiger partial charge in [-0.05, 0) is 78.7 Å². The van der Waals surface area contributed by atoms with Crippen LogP contribution in [0.4, 0.5) is 0 Å². The van der Waals surface area contributed by atoms with Gasteiger partial charge < -0.3 is 10.2 Å². The maximum Gasteiger partial charge on any atom is 0.0205 e. The van der Waals surface area contributed by atoms with Gasteiger partial charge in [-0.2, -0.15) is 0 Å². The van der Waals surface area contributed by atoms with Crippen LogP contribution in [-0.2, 0) is 6.54 Å². The maximum absolute atomic E-state index is 3.63. The van der Waals surface area contributed by atoms with Crippen LogP contribution in [0.2, 0.25) is 0 Å². The molecular weight excluding hydrogens is 335 g/mol. The average Bonchev–Trinajstić information content (AvgIpc) is 2.36. The summed E-state index contributed by atoms with van der Waals surface area (Å²) >= 11 is 2.35. The molecule has 0 spiro atoms. The summed E-state index contributed by atoms with van der Waals surface area (Å²) in [7, 11) is 2.22. The number of likely N-dealkylation sites (tertiary alicyclic amines) is 1. The Labute approximate surface area is 124 Å². The zero-order chi connectivity index (χ0) is 13.0. The minimum Gasteiger partial charge on any atom is -0.312 e. The van der Waals surface area contributed by atoms with Crippen LogP contribution in [0.1, 0.15) is 25.3 Å². The van der Waals surface area contributed by atoms with Crippen LogP contribution in [-0.4, -0.2) is 31.6 Å². The van der Waals surface area contributed by atoms with Gasteiger partial charge in [0.15, 0.2) is 0 Å². The lowest BCUT2D eigenvalue weighted by atomic mass is 9.80. The second-order valence-electron chi connectivity index (χ2n) is 5.84. The maximum atomic E-state index is 3.63. The third kappa shape index (κ3) is 4.21. The molecule has 0 aliphatic carbocycles. The molecule has 2 nitrogen and oxygen atoms in total. The summed E-state index contributed by atoms with van der Waals surface area (Å²) in [6.07, 6.45) is 2.62. The van der Waals surface area contributed by atoms with Crippen molar-refractivity contribution >= 4 is 22.6 Å². The molecular formula is C15H23IN2. The summed E-state index contributed by atoms with van der Waals surface area (Å²) in [5, 5.41) is 3.63. The highest BCUT2D eigenvalue weighted by Crippen LogP contribution is 2.29. The highest BCUT2D eigenvalue weighted by molar-refractivity contribution is 14.1. The number of piperidine rings is 1. The predicted molar refractivity (Wildman–Crippen MR) is 85.7 cm³/mol. The molecule has 1 heterocycles. The highest BCUT2D eigenvalue weighted by atomic mass is 127. The molecule has 0 bridgehead atoms. The zero-order valence-electron chi connectivity index (χ0n) is 11.4. The quantitative estimate of drug-likeness (QED) is 0.833. The van der Waals surface area contributed by atoms with Crippen LogP contribution >= 0.6 is 22.6 Å². The van der Waals surface area contributed by atoms with E-state index >= 15 is 0 Å².